The summed E-state index contributed by atoms with van der Waals surface area (Å²) in [5, 5.41) is 5.44. The van der Waals surface area contributed by atoms with Crippen LogP contribution in [0.25, 0.3) is 0 Å². The molecular formula is C20H21FN4O2. The smallest absolute Gasteiger partial charge is 0.232 e. The number of hydrogen-bond acceptors (Lipinski definition) is 4. The van der Waals surface area contributed by atoms with Gasteiger partial charge in [-0.3, -0.25) is 9.59 Å². The van der Waals surface area contributed by atoms with Gasteiger partial charge in [0.25, 0.3) is 0 Å². The summed E-state index contributed by atoms with van der Waals surface area (Å²) in [7, 11) is 0. The van der Waals surface area contributed by atoms with E-state index < -0.39 is 11.7 Å². The number of amides is 2. The second kappa shape index (κ2) is 7.34. The molecule has 1 saturated heterocycles. The van der Waals surface area contributed by atoms with Crippen molar-refractivity contribution < 1.29 is 14.0 Å². The first-order valence-electron chi connectivity index (χ1n) is 9.21. The van der Waals surface area contributed by atoms with Gasteiger partial charge >= 0.3 is 0 Å². The van der Waals surface area contributed by atoms with Crippen LogP contribution in [0, 0.1) is 5.82 Å². The molecule has 0 bridgehead atoms. The molecule has 2 aromatic rings. The van der Waals surface area contributed by atoms with Gasteiger partial charge < -0.3 is 15.5 Å². The highest BCUT2D eigenvalue weighted by atomic mass is 19.1. The molecule has 1 fully saturated rings. The Kier molecular flexibility index (Phi) is 4.75. The zero-order valence-electron chi connectivity index (χ0n) is 14.9. The van der Waals surface area contributed by atoms with Crippen LogP contribution < -0.4 is 15.5 Å². The van der Waals surface area contributed by atoms with Gasteiger partial charge in [0.05, 0.1) is 17.8 Å². The molecule has 1 aromatic heterocycles. The van der Waals surface area contributed by atoms with Crippen molar-refractivity contribution in [3.8, 4) is 0 Å². The molecule has 0 saturated carbocycles. The monoisotopic (exact) mass is 368 g/mol. The average molecular weight is 368 g/mol. The molecule has 2 N–H and O–H groups in total. The van der Waals surface area contributed by atoms with Crippen LogP contribution in [0.4, 0.5) is 21.6 Å². The third-order valence-electron chi connectivity index (χ3n) is 5.07. The van der Waals surface area contributed by atoms with Gasteiger partial charge in [-0.05, 0) is 49.1 Å². The Morgan fingerprint density at radius 1 is 1.19 bits per heavy atom. The molecule has 1 atom stereocenters. The van der Waals surface area contributed by atoms with Crippen molar-refractivity contribution in [2.45, 2.75) is 31.6 Å². The molecule has 2 aliphatic rings. The SMILES string of the molecule is O=C1CC(C(=O)Nc2ccc(N3CCCCC3)nc2)c2ccc(F)cc2N1. The van der Waals surface area contributed by atoms with Gasteiger partial charge in [0.1, 0.15) is 11.6 Å². The number of aromatic nitrogens is 1. The molecule has 2 amide bonds. The maximum atomic E-state index is 13.4. The van der Waals surface area contributed by atoms with Crippen LogP contribution in [-0.4, -0.2) is 29.9 Å². The Morgan fingerprint density at radius 3 is 2.74 bits per heavy atom. The van der Waals surface area contributed by atoms with Crippen LogP contribution in [0.3, 0.4) is 0 Å². The number of anilines is 3. The third-order valence-corrected chi connectivity index (χ3v) is 5.07. The second-order valence-electron chi connectivity index (χ2n) is 6.98. The van der Waals surface area contributed by atoms with E-state index in [1.807, 2.05) is 12.1 Å². The van der Waals surface area contributed by atoms with Crippen molar-refractivity contribution >= 4 is 29.0 Å². The summed E-state index contributed by atoms with van der Waals surface area (Å²) in [6, 6.07) is 7.81. The van der Waals surface area contributed by atoms with Crippen molar-refractivity contribution in [2.75, 3.05) is 28.6 Å². The lowest BCUT2D eigenvalue weighted by Crippen LogP contribution is -2.31. The third kappa shape index (κ3) is 3.77. The highest BCUT2D eigenvalue weighted by Gasteiger charge is 2.31. The zero-order chi connectivity index (χ0) is 18.8. The number of halogens is 1. The number of piperidine rings is 1. The number of carbonyl (C=O) groups is 2. The van der Waals surface area contributed by atoms with E-state index in [4.69, 9.17) is 0 Å². The molecule has 1 unspecified atom stereocenters. The summed E-state index contributed by atoms with van der Waals surface area (Å²) in [6.45, 7) is 2.01. The minimum absolute atomic E-state index is 0.0315. The largest absolute Gasteiger partial charge is 0.357 e. The number of nitrogens with one attached hydrogen (secondary N) is 2. The zero-order valence-corrected chi connectivity index (χ0v) is 14.9. The Labute approximate surface area is 156 Å². The Hall–Kier alpha value is -2.96. The molecule has 0 radical (unpaired) electrons. The molecule has 2 aliphatic heterocycles. The lowest BCUT2D eigenvalue weighted by Gasteiger charge is -2.28. The van der Waals surface area contributed by atoms with Crippen LogP contribution in [0.2, 0.25) is 0 Å². The molecule has 7 heteroatoms. The molecule has 6 nitrogen and oxygen atoms in total. The summed E-state index contributed by atoms with van der Waals surface area (Å²) in [4.78, 5) is 31.3. The maximum Gasteiger partial charge on any atom is 0.232 e. The van der Waals surface area contributed by atoms with Gasteiger partial charge in [-0.2, -0.15) is 0 Å². The number of carbonyl (C=O) groups excluding carboxylic acids is 2. The van der Waals surface area contributed by atoms with Crippen molar-refractivity contribution in [2.24, 2.45) is 0 Å². The Morgan fingerprint density at radius 2 is 2.00 bits per heavy atom. The molecular weight excluding hydrogens is 347 g/mol. The minimum Gasteiger partial charge on any atom is -0.357 e. The van der Waals surface area contributed by atoms with Gasteiger partial charge in [0, 0.05) is 25.2 Å². The van der Waals surface area contributed by atoms with Crippen LogP contribution in [0.15, 0.2) is 36.5 Å². The molecule has 0 aliphatic carbocycles. The van der Waals surface area contributed by atoms with Crippen molar-refractivity contribution in [3.63, 3.8) is 0 Å². The highest BCUT2D eigenvalue weighted by molar-refractivity contribution is 6.05. The number of pyridine rings is 1. The van der Waals surface area contributed by atoms with Crippen molar-refractivity contribution in [1.29, 1.82) is 0 Å². The summed E-state index contributed by atoms with van der Waals surface area (Å²) in [5.41, 5.74) is 1.55. The Balaban J connectivity index is 1.48. The van der Waals surface area contributed by atoms with E-state index in [2.05, 4.69) is 20.5 Å². The van der Waals surface area contributed by atoms with E-state index in [-0.39, 0.29) is 18.2 Å². The van der Waals surface area contributed by atoms with Crippen LogP contribution in [0.1, 0.15) is 37.2 Å². The fourth-order valence-corrected chi connectivity index (χ4v) is 3.67. The standard InChI is InChI=1S/C20H21FN4O2/c21-13-4-6-15-16(11-19(26)24-17(15)10-13)20(27)23-14-5-7-18(22-12-14)25-8-2-1-3-9-25/h4-7,10,12,16H,1-3,8-9,11H2,(H,23,27)(H,24,26). The highest BCUT2D eigenvalue weighted by Crippen LogP contribution is 2.33. The maximum absolute atomic E-state index is 13.4. The number of hydrogen-bond donors (Lipinski definition) is 2. The summed E-state index contributed by atoms with van der Waals surface area (Å²) >= 11 is 0. The summed E-state index contributed by atoms with van der Waals surface area (Å²) < 4.78 is 13.4. The van der Waals surface area contributed by atoms with Gasteiger partial charge in [0.15, 0.2) is 0 Å². The molecule has 140 valence electrons. The Bertz CT molecular complexity index is 863. The number of fused-ring (bicyclic) bond motifs is 1. The molecule has 3 heterocycles. The quantitative estimate of drug-likeness (QED) is 0.872. The lowest BCUT2D eigenvalue weighted by atomic mass is 9.89. The van der Waals surface area contributed by atoms with E-state index in [0.717, 1.165) is 18.9 Å². The molecule has 1 aromatic carbocycles. The summed E-state index contributed by atoms with van der Waals surface area (Å²) in [6.07, 6.45) is 5.26. The van der Waals surface area contributed by atoms with Gasteiger partial charge in [-0.1, -0.05) is 6.07 Å². The van der Waals surface area contributed by atoms with E-state index in [1.165, 1.54) is 31.4 Å². The van der Waals surface area contributed by atoms with E-state index in [9.17, 15) is 14.0 Å². The van der Waals surface area contributed by atoms with Crippen LogP contribution in [0.5, 0.6) is 0 Å². The first-order chi connectivity index (χ1) is 13.1. The second-order valence-corrected chi connectivity index (χ2v) is 6.98. The topological polar surface area (TPSA) is 74.3 Å². The van der Waals surface area contributed by atoms with E-state index in [1.54, 1.807) is 12.3 Å². The average Bonchev–Trinajstić information content (AvgIpc) is 2.68. The minimum atomic E-state index is -0.656. The van der Waals surface area contributed by atoms with Gasteiger partial charge in [0.2, 0.25) is 11.8 Å². The van der Waals surface area contributed by atoms with Gasteiger partial charge in [-0.25, -0.2) is 9.37 Å². The summed E-state index contributed by atoms with van der Waals surface area (Å²) in [5.74, 6) is -0.800. The lowest BCUT2D eigenvalue weighted by molar-refractivity contribution is -0.123. The number of benzene rings is 1. The fourth-order valence-electron chi connectivity index (χ4n) is 3.67. The molecule has 4 rings (SSSR count). The fraction of sp³-hybridized carbons (Fsp3) is 0.350. The van der Waals surface area contributed by atoms with Gasteiger partial charge in [-0.15, -0.1) is 0 Å². The predicted molar refractivity (Wildman–Crippen MR) is 101 cm³/mol. The number of rotatable bonds is 3. The predicted octanol–water partition coefficient (Wildman–Crippen LogP) is 3.28. The van der Waals surface area contributed by atoms with E-state index in [0.29, 0.717) is 16.9 Å². The van der Waals surface area contributed by atoms with Crippen molar-refractivity contribution in [3.05, 3.63) is 47.9 Å². The van der Waals surface area contributed by atoms with E-state index >= 15 is 0 Å². The number of nitrogens with zero attached hydrogens (tertiary/aromatic N) is 2. The first kappa shape index (κ1) is 17.5. The molecule has 27 heavy (non-hydrogen) atoms. The normalized spacial score (nSPS) is 19.2. The van der Waals surface area contributed by atoms with Crippen molar-refractivity contribution in [1.82, 2.24) is 4.98 Å². The molecule has 0 spiro atoms. The first-order valence-corrected chi connectivity index (χ1v) is 9.21. The van der Waals surface area contributed by atoms with Crippen LogP contribution in [-0.2, 0) is 9.59 Å². The van der Waals surface area contributed by atoms with Crippen LogP contribution >= 0.6 is 0 Å².